The van der Waals surface area contributed by atoms with Crippen molar-refractivity contribution in [2.75, 3.05) is 26.4 Å². The molecule has 2 aromatic rings. The molecule has 0 radical (unpaired) electrons. The summed E-state index contributed by atoms with van der Waals surface area (Å²) in [6, 6.07) is 3.83. The molecule has 1 aromatic carbocycles. The second kappa shape index (κ2) is 54.9. The van der Waals surface area contributed by atoms with E-state index < -0.39 is 48.2 Å². The first-order chi connectivity index (χ1) is 43.2. The Kier molecular flexibility index (Phi) is 48.9. The molecule has 2 heterocycles. The van der Waals surface area contributed by atoms with E-state index in [0.29, 0.717) is 48.2 Å². The Balaban J connectivity index is 1.58. The molecule has 0 aliphatic carbocycles. The van der Waals surface area contributed by atoms with Crippen molar-refractivity contribution in [1.29, 1.82) is 0 Å². The standard InChI is InChI=1S/C75H132N2O11/c1-5-8-11-14-17-20-23-26-29-32-35-38-41-44-47-50-55-83-67-58-65(63-86-71(79)53-54-72(80)88-66-60-70(87-69(66)62-78)77-61-64(4)74(81)76-75(77)82)59-68(84-56-51-48-45-42-39-36-33-30-27-24-21-18-15-12-9-6-2)73(67)85-57-52-49-46-43-40-37-34-31-28-25-22-19-16-13-10-7-3/h58-59,61,66,69-70,78H,5-57,60,62-63H2,1-4H3,(H,76,81,82)/t66?,69-,70-/m1/s1. The summed E-state index contributed by atoms with van der Waals surface area (Å²) >= 11 is 0. The third-order valence-corrected chi connectivity index (χ3v) is 17.9. The van der Waals surface area contributed by atoms with Gasteiger partial charge in [-0.25, -0.2) is 4.79 Å². The van der Waals surface area contributed by atoms with E-state index in [-0.39, 0.29) is 25.9 Å². The molecule has 0 saturated carbocycles. The fourth-order valence-corrected chi connectivity index (χ4v) is 12.2. The average molecular weight is 1240 g/mol. The second-order valence-corrected chi connectivity index (χ2v) is 26.1. The van der Waals surface area contributed by atoms with Crippen molar-refractivity contribution in [2.24, 2.45) is 0 Å². The number of nitrogens with one attached hydrogen (secondary N) is 1. The zero-order chi connectivity index (χ0) is 63.2. The van der Waals surface area contributed by atoms with Crippen LogP contribution < -0.4 is 25.5 Å². The predicted octanol–water partition coefficient (Wildman–Crippen LogP) is 20.5. The molecular weight excluding hydrogens is 1100 g/mol. The Labute approximate surface area is 536 Å². The maximum absolute atomic E-state index is 13.3. The Morgan fingerprint density at radius 3 is 1.17 bits per heavy atom. The van der Waals surface area contributed by atoms with E-state index in [1.54, 1.807) is 6.92 Å². The van der Waals surface area contributed by atoms with E-state index in [0.717, 1.165) is 38.5 Å². The normalized spacial score (nSPS) is 14.9. The van der Waals surface area contributed by atoms with Crippen LogP contribution in [0.25, 0.3) is 0 Å². The van der Waals surface area contributed by atoms with E-state index in [1.165, 1.54) is 280 Å². The van der Waals surface area contributed by atoms with Gasteiger partial charge in [-0.2, -0.15) is 0 Å². The SMILES string of the molecule is CCCCCCCCCCCCCCCCCCOc1cc(COC(=O)CCC(=O)OC2C[C@H](n3cc(C)c(=O)[nH]c3=O)O[C@@H]2CO)cc(OCCCCCCCCCCCCCCCCCC)c1OCCCCCCCCCCCCCCCCCC. The van der Waals surface area contributed by atoms with Crippen LogP contribution in [0.5, 0.6) is 17.2 Å². The van der Waals surface area contributed by atoms with Crippen LogP contribution in [0.4, 0.5) is 0 Å². The summed E-state index contributed by atoms with van der Waals surface area (Å²) in [4.78, 5) is 53.1. The number of aryl methyl sites for hydroxylation is 1. The molecule has 1 aromatic heterocycles. The van der Waals surface area contributed by atoms with Crippen LogP contribution in [-0.4, -0.2) is 65.2 Å². The number of esters is 2. The lowest BCUT2D eigenvalue weighted by atomic mass is 10.0. The van der Waals surface area contributed by atoms with Crippen molar-refractivity contribution in [3.05, 3.63) is 50.3 Å². The Bertz CT molecular complexity index is 2050. The summed E-state index contributed by atoms with van der Waals surface area (Å²) in [7, 11) is 0. The molecule has 0 amide bonds. The number of ether oxygens (including phenoxy) is 6. The topological polar surface area (TPSA) is 165 Å². The molecule has 0 bridgehead atoms. The van der Waals surface area contributed by atoms with Crippen LogP contribution in [0.15, 0.2) is 27.9 Å². The van der Waals surface area contributed by atoms with E-state index in [2.05, 4.69) is 25.8 Å². The fraction of sp³-hybridized carbons (Fsp3) is 0.840. The van der Waals surface area contributed by atoms with Gasteiger partial charge in [-0.05, 0) is 43.9 Å². The lowest BCUT2D eigenvalue weighted by molar-refractivity contribution is -0.157. The molecule has 1 fully saturated rings. The summed E-state index contributed by atoms with van der Waals surface area (Å²) in [5.41, 5.74) is -0.139. The van der Waals surface area contributed by atoms with E-state index in [4.69, 9.17) is 28.4 Å². The third-order valence-electron chi connectivity index (χ3n) is 17.9. The maximum atomic E-state index is 13.3. The Morgan fingerprint density at radius 2 is 0.818 bits per heavy atom. The second-order valence-electron chi connectivity index (χ2n) is 26.1. The minimum Gasteiger partial charge on any atom is -0.490 e. The van der Waals surface area contributed by atoms with Crippen molar-refractivity contribution >= 4 is 11.9 Å². The highest BCUT2D eigenvalue weighted by molar-refractivity contribution is 5.77. The van der Waals surface area contributed by atoms with Crippen molar-refractivity contribution < 1.29 is 43.1 Å². The van der Waals surface area contributed by atoms with Crippen LogP contribution in [0, 0.1) is 6.92 Å². The van der Waals surface area contributed by atoms with Gasteiger partial charge in [0.05, 0.1) is 39.3 Å². The smallest absolute Gasteiger partial charge is 0.330 e. The first-order valence-electron chi connectivity index (χ1n) is 37.2. The number of aromatic nitrogens is 2. The van der Waals surface area contributed by atoms with Crippen LogP contribution in [0.2, 0.25) is 0 Å². The van der Waals surface area contributed by atoms with Gasteiger partial charge >= 0.3 is 17.6 Å². The molecule has 1 aliphatic heterocycles. The number of rotatable bonds is 62. The molecule has 88 heavy (non-hydrogen) atoms. The molecule has 13 nitrogen and oxygen atoms in total. The number of nitrogens with zero attached hydrogens (tertiary/aromatic N) is 1. The molecular formula is C75H132N2O11. The monoisotopic (exact) mass is 1240 g/mol. The van der Waals surface area contributed by atoms with Crippen LogP contribution >= 0.6 is 0 Å². The molecule has 1 aliphatic rings. The van der Waals surface area contributed by atoms with E-state index in [9.17, 15) is 24.3 Å². The zero-order valence-corrected chi connectivity index (χ0v) is 57.0. The van der Waals surface area contributed by atoms with E-state index in [1.807, 2.05) is 12.1 Å². The van der Waals surface area contributed by atoms with Crippen LogP contribution in [0.1, 0.15) is 366 Å². The molecule has 0 spiro atoms. The lowest BCUT2D eigenvalue weighted by Gasteiger charge is -2.19. The van der Waals surface area contributed by atoms with Gasteiger partial charge < -0.3 is 33.5 Å². The van der Waals surface area contributed by atoms with Crippen LogP contribution in [-0.2, 0) is 30.4 Å². The number of carbonyl (C=O) groups is 2. The lowest BCUT2D eigenvalue weighted by Crippen LogP contribution is -2.33. The first-order valence-corrected chi connectivity index (χ1v) is 37.2. The summed E-state index contributed by atoms with van der Waals surface area (Å²) in [6.07, 6.45) is 61.1. The number of hydrogen-bond acceptors (Lipinski definition) is 11. The van der Waals surface area contributed by atoms with Gasteiger partial charge in [0.15, 0.2) is 11.5 Å². The molecule has 2 N–H and O–H groups in total. The van der Waals surface area contributed by atoms with Gasteiger partial charge in [-0.1, -0.05) is 310 Å². The molecule has 1 saturated heterocycles. The van der Waals surface area contributed by atoms with Crippen molar-refractivity contribution in [1.82, 2.24) is 9.55 Å². The number of carbonyl (C=O) groups excluding carboxylic acids is 2. The number of aliphatic hydroxyl groups is 1. The van der Waals surface area contributed by atoms with Crippen molar-refractivity contribution in [2.45, 2.75) is 380 Å². The summed E-state index contributed by atoms with van der Waals surface area (Å²) in [5, 5.41) is 10.0. The summed E-state index contributed by atoms with van der Waals surface area (Å²) < 4.78 is 38.4. The highest BCUT2D eigenvalue weighted by atomic mass is 16.6. The molecule has 508 valence electrons. The molecule has 13 heteroatoms. The molecule has 3 rings (SSSR count). The van der Waals surface area contributed by atoms with Gasteiger partial charge in [-0.3, -0.25) is 23.9 Å². The fourth-order valence-electron chi connectivity index (χ4n) is 12.2. The Hall–Kier alpha value is -3.84. The third kappa shape index (κ3) is 39.4. The highest BCUT2D eigenvalue weighted by Crippen LogP contribution is 2.40. The van der Waals surface area contributed by atoms with Crippen molar-refractivity contribution in [3.8, 4) is 17.2 Å². The van der Waals surface area contributed by atoms with Gasteiger partial charge in [-0.15, -0.1) is 0 Å². The summed E-state index contributed by atoms with van der Waals surface area (Å²) in [5.74, 6) is 0.598. The van der Waals surface area contributed by atoms with E-state index >= 15 is 0 Å². The average Bonchev–Trinajstić information content (AvgIpc) is 2.06. The predicted molar refractivity (Wildman–Crippen MR) is 362 cm³/mol. The highest BCUT2D eigenvalue weighted by Gasteiger charge is 2.39. The maximum Gasteiger partial charge on any atom is 0.330 e. The minimum absolute atomic E-state index is 0.0455. The largest absolute Gasteiger partial charge is 0.490 e. The van der Waals surface area contributed by atoms with Crippen LogP contribution in [0.3, 0.4) is 0 Å². The summed E-state index contributed by atoms with van der Waals surface area (Å²) in [6.45, 7) is 9.58. The van der Waals surface area contributed by atoms with Gasteiger partial charge in [0.25, 0.3) is 5.56 Å². The Morgan fingerprint density at radius 1 is 0.489 bits per heavy atom. The number of H-pyrrole nitrogens is 1. The van der Waals surface area contributed by atoms with Gasteiger partial charge in [0.2, 0.25) is 5.75 Å². The number of unbranched alkanes of at least 4 members (excludes halogenated alkanes) is 45. The number of aliphatic hydroxyl groups excluding tert-OH is 1. The number of benzene rings is 1. The quantitative estimate of drug-likeness (QED) is 0.0478. The van der Waals surface area contributed by atoms with Gasteiger partial charge in [0, 0.05) is 18.2 Å². The number of hydrogen-bond donors (Lipinski definition) is 2. The van der Waals surface area contributed by atoms with Gasteiger partial charge in [0.1, 0.15) is 25.0 Å². The minimum atomic E-state index is -0.887. The molecule has 1 unspecified atom stereocenters. The van der Waals surface area contributed by atoms with Crippen molar-refractivity contribution in [3.63, 3.8) is 0 Å². The zero-order valence-electron chi connectivity index (χ0n) is 57.0. The number of aromatic amines is 1. The first kappa shape index (κ1) is 78.4. The molecule has 3 atom stereocenters.